The third-order valence-corrected chi connectivity index (χ3v) is 1.94. The van der Waals surface area contributed by atoms with E-state index in [1.54, 1.807) is 17.0 Å². The van der Waals surface area contributed by atoms with Crippen molar-refractivity contribution < 1.29 is 4.79 Å². The maximum absolute atomic E-state index is 11.4. The highest BCUT2D eigenvalue weighted by Crippen LogP contribution is 2.13. The second-order valence-electron chi connectivity index (χ2n) is 2.68. The molecule has 0 aromatic carbocycles. The minimum atomic E-state index is -0.276. The lowest BCUT2D eigenvalue weighted by atomic mass is 10.4. The van der Waals surface area contributed by atoms with Gasteiger partial charge in [0, 0.05) is 19.3 Å². The molecule has 1 aromatic heterocycles. The lowest BCUT2D eigenvalue weighted by Gasteiger charge is -1.98. The van der Waals surface area contributed by atoms with Crippen LogP contribution in [0.4, 0.5) is 0 Å². The number of hydrogen-bond donors (Lipinski definition) is 1. The topological polar surface area (TPSA) is 46.9 Å². The van der Waals surface area contributed by atoms with Crippen LogP contribution in [-0.4, -0.2) is 22.2 Å². The monoisotopic (exact) mass is 213 g/mol. The number of aryl methyl sites for hydroxylation is 1. The Hall–Kier alpha value is -1.29. The number of carbonyl (C=O) groups is 1. The van der Waals surface area contributed by atoms with Gasteiger partial charge in [-0.15, -0.1) is 6.58 Å². The van der Waals surface area contributed by atoms with Crippen LogP contribution in [0.25, 0.3) is 0 Å². The summed E-state index contributed by atoms with van der Waals surface area (Å²) in [4.78, 5) is 11.4. The molecule has 5 heteroatoms. The van der Waals surface area contributed by atoms with E-state index in [4.69, 9.17) is 11.6 Å². The number of halogens is 1. The van der Waals surface area contributed by atoms with Gasteiger partial charge in [0.15, 0.2) is 5.69 Å². The first kappa shape index (κ1) is 10.8. The highest BCUT2D eigenvalue weighted by atomic mass is 35.5. The molecule has 4 nitrogen and oxygen atoms in total. The van der Waals surface area contributed by atoms with E-state index in [1.165, 1.54) is 0 Å². The van der Waals surface area contributed by atoms with Gasteiger partial charge in [-0.05, 0) is 6.92 Å². The van der Waals surface area contributed by atoms with Crippen molar-refractivity contribution in [1.29, 1.82) is 0 Å². The molecule has 0 aliphatic rings. The Bertz CT molecular complexity index is 346. The molecule has 0 unspecified atom stereocenters. The van der Waals surface area contributed by atoms with E-state index in [0.717, 1.165) is 0 Å². The van der Waals surface area contributed by atoms with Gasteiger partial charge in [-0.2, -0.15) is 5.10 Å². The number of carbonyl (C=O) groups excluding carboxylic acids is 1. The van der Waals surface area contributed by atoms with Gasteiger partial charge < -0.3 is 5.32 Å². The Labute approximate surface area is 87.6 Å². The molecule has 1 rings (SSSR count). The smallest absolute Gasteiger partial charge is 0.273 e. The quantitative estimate of drug-likeness (QED) is 0.770. The largest absolute Gasteiger partial charge is 0.347 e. The van der Waals surface area contributed by atoms with Crippen molar-refractivity contribution in [3.05, 3.63) is 29.6 Å². The Balaban J connectivity index is 2.78. The summed E-state index contributed by atoms with van der Waals surface area (Å²) in [7, 11) is 0. The van der Waals surface area contributed by atoms with Crippen molar-refractivity contribution in [2.75, 3.05) is 6.54 Å². The molecule has 0 aliphatic carbocycles. The second kappa shape index (κ2) is 4.81. The molecule has 1 amide bonds. The minimum Gasteiger partial charge on any atom is -0.347 e. The van der Waals surface area contributed by atoms with Gasteiger partial charge in [-0.3, -0.25) is 9.48 Å². The van der Waals surface area contributed by atoms with Crippen LogP contribution in [0.15, 0.2) is 18.9 Å². The Morgan fingerprint density at radius 2 is 2.57 bits per heavy atom. The van der Waals surface area contributed by atoms with Crippen LogP contribution in [0.2, 0.25) is 5.02 Å². The van der Waals surface area contributed by atoms with E-state index in [-0.39, 0.29) is 11.6 Å². The molecule has 0 saturated heterocycles. The molecule has 0 aliphatic heterocycles. The molecule has 0 saturated carbocycles. The molecule has 1 heterocycles. The van der Waals surface area contributed by atoms with E-state index >= 15 is 0 Å². The van der Waals surface area contributed by atoms with E-state index in [0.29, 0.717) is 18.1 Å². The summed E-state index contributed by atoms with van der Waals surface area (Å²) in [5.41, 5.74) is 0.260. The van der Waals surface area contributed by atoms with Gasteiger partial charge in [0.25, 0.3) is 5.91 Å². The fraction of sp³-hybridized carbons (Fsp3) is 0.333. The van der Waals surface area contributed by atoms with E-state index in [2.05, 4.69) is 17.0 Å². The zero-order valence-electron chi connectivity index (χ0n) is 7.96. The lowest BCUT2D eigenvalue weighted by molar-refractivity contribution is 0.0952. The Morgan fingerprint density at radius 3 is 3.07 bits per heavy atom. The summed E-state index contributed by atoms with van der Waals surface area (Å²) in [5, 5.41) is 7.00. The van der Waals surface area contributed by atoms with Crippen LogP contribution in [0.5, 0.6) is 0 Å². The fourth-order valence-electron chi connectivity index (χ4n) is 0.962. The number of nitrogens with zero attached hydrogens (tertiary/aromatic N) is 2. The molecular formula is C9H12ClN3O. The zero-order chi connectivity index (χ0) is 10.6. The Morgan fingerprint density at radius 1 is 1.86 bits per heavy atom. The van der Waals surface area contributed by atoms with Crippen molar-refractivity contribution >= 4 is 17.5 Å². The van der Waals surface area contributed by atoms with Gasteiger partial charge in [0.2, 0.25) is 0 Å². The molecule has 0 bridgehead atoms. The third kappa shape index (κ3) is 2.35. The van der Waals surface area contributed by atoms with Crippen molar-refractivity contribution in [3.63, 3.8) is 0 Å². The van der Waals surface area contributed by atoms with Crippen LogP contribution in [0.3, 0.4) is 0 Å². The minimum absolute atomic E-state index is 0.260. The second-order valence-corrected chi connectivity index (χ2v) is 3.09. The highest BCUT2D eigenvalue weighted by molar-refractivity contribution is 6.33. The summed E-state index contributed by atoms with van der Waals surface area (Å²) in [6.45, 7) is 6.52. The first-order valence-electron chi connectivity index (χ1n) is 4.31. The SMILES string of the molecule is C=CCNC(=O)c1nn(CC)cc1Cl. The molecule has 1 N–H and O–H groups in total. The molecular weight excluding hydrogens is 202 g/mol. The molecule has 0 fully saturated rings. The van der Waals surface area contributed by atoms with Crippen LogP contribution < -0.4 is 5.32 Å². The normalized spacial score (nSPS) is 9.86. The van der Waals surface area contributed by atoms with Crippen molar-refractivity contribution in [1.82, 2.24) is 15.1 Å². The molecule has 0 spiro atoms. The van der Waals surface area contributed by atoms with Crippen molar-refractivity contribution in [2.45, 2.75) is 13.5 Å². The molecule has 0 atom stereocenters. The van der Waals surface area contributed by atoms with E-state index in [1.807, 2.05) is 6.92 Å². The summed E-state index contributed by atoms with van der Waals surface area (Å²) in [6.07, 6.45) is 3.23. The molecule has 14 heavy (non-hydrogen) atoms. The van der Waals surface area contributed by atoms with Gasteiger partial charge in [0.1, 0.15) is 0 Å². The Kier molecular flexibility index (Phi) is 3.71. The number of amides is 1. The molecule has 0 radical (unpaired) electrons. The maximum Gasteiger partial charge on any atom is 0.273 e. The highest BCUT2D eigenvalue weighted by Gasteiger charge is 2.13. The number of rotatable bonds is 4. The van der Waals surface area contributed by atoms with Gasteiger partial charge in [-0.25, -0.2) is 0 Å². The lowest BCUT2D eigenvalue weighted by Crippen LogP contribution is -2.24. The fourth-order valence-corrected chi connectivity index (χ4v) is 1.20. The average molecular weight is 214 g/mol. The number of hydrogen-bond acceptors (Lipinski definition) is 2. The summed E-state index contributed by atoms with van der Waals surface area (Å²) in [6, 6.07) is 0. The average Bonchev–Trinajstić information content (AvgIpc) is 2.56. The predicted octanol–water partition coefficient (Wildman–Crippen LogP) is 1.47. The number of nitrogens with one attached hydrogen (secondary N) is 1. The summed E-state index contributed by atoms with van der Waals surface area (Å²) >= 11 is 5.83. The maximum atomic E-state index is 11.4. The predicted molar refractivity (Wildman–Crippen MR) is 55.4 cm³/mol. The van der Waals surface area contributed by atoms with E-state index in [9.17, 15) is 4.79 Å². The van der Waals surface area contributed by atoms with Crippen LogP contribution in [0.1, 0.15) is 17.4 Å². The standard InChI is InChI=1S/C9H12ClN3O/c1-3-5-11-9(14)8-7(10)6-13(4-2)12-8/h3,6H,1,4-5H2,2H3,(H,11,14). The van der Waals surface area contributed by atoms with Crippen LogP contribution in [-0.2, 0) is 6.54 Å². The molecule has 76 valence electrons. The van der Waals surface area contributed by atoms with Crippen LogP contribution >= 0.6 is 11.6 Å². The first-order valence-corrected chi connectivity index (χ1v) is 4.68. The first-order chi connectivity index (χ1) is 6.69. The summed E-state index contributed by atoms with van der Waals surface area (Å²) in [5.74, 6) is -0.276. The summed E-state index contributed by atoms with van der Waals surface area (Å²) < 4.78 is 1.62. The zero-order valence-corrected chi connectivity index (χ0v) is 8.71. The van der Waals surface area contributed by atoms with Crippen molar-refractivity contribution in [2.24, 2.45) is 0 Å². The third-order valence-electron chi connectivity index (χ3n) is 1.66. The number of aromatic nitrogens is 2. The van der Waals surface area contributed by atoms with Crippen molar-refractivity contribution in [3.8, 4) is 0 Å². The van der Waals surface area contributed by atoms with E-state index < -0.39 is 0 Å². The van der Waals surface area contributed by atoms with Gasteiger partial charge in [0.05, 0.1) is 5.02 Å². The van der Waals surface area contributed by atoms with Gasteiger partial charge in [-0.1, -0.05) is 17.7 Å². The van der Waals surface area contributed by atoms with Gasteiger partial charge >= 0.3 is 0 Å². The van der Waals surface area contributed by atoms with Crippen LogP contribution in [0, 0.1) is 0 Å². The molecule has 1 aromatic rings.